The van der Waals surface area contributed by atoms with E-state index in [0.29, 0.717) is 0 Å². The molecule has 4 heavy (non-hydrogen) atoms. The van der Waals surface area contributed by atoms with E-state index in [-0.39, 0.29) is 22.4 Å². The fraction of sp³-hybridized carbons (Fsp3) is 1.00. The zero-order valence-electron chi connectivity index (χ0n) is 3.01. The van der Waals surface area contributed by atoms with Gasteiger partial charge < -0.3 is 0 Å². The van der Waals surface area contributed by atoms with E-state index in [9.17, 15) is 0 Å². The fourth-order valence-corrected chi connectivity index (χ4v) is 0. The number of rotatable bonds is 0. The molecule has 31 valence electrons. The average Bonchev–Trinajstić information content (AvgIpc) is 0.918. The van der Waals surface area contributed by atoms with Gasteiger partial charge >= 0.3 is 0 Å². The molecular formula is C3H8Ag. The summed E-state index contributed by atoms with van der Waals surface area (Å²) in [6.07, 6.45) is 1.25. The standard InChI is InChI=1S/C3H8.Ag/c1-3-2;/h3H2,1-2H3;. The molecule has 0 aromatic heterocycles. The summed E-state index contributed by atoms with van der Waals surface area (Å²) in [6.45, 7) is 4.25. The summed E-state index contributed by atoms with van der Waals surface area (Å²) in [5, 5.41) is 0. The number of hydrogen-bond acceptors (Lipinski definition) is 0. The number of hydrogen-bond donors (Lipinski definition) is 0. The van der Waals surface area contributed by atoms with Crippen molar-refractivity contribution in [1.29, 1.82) is 0 Å². The molecule has 0 unspecified atom stereocenters. The van der Waals surface area contributed by atoms with Crippen molar-refractivity contribution < 1.29 is 22.4 Å². The second-order valence-electron chi connectivity index (χ2n) is 0.707. The van der Waals surface area contributed by atoms with Crippen molar-refractivity contribution in [3.8, 4) is 0 Å². The van der Waals surface area contributed by atoms with Crippen LogP contribution < -0.4 is 0 Å². The maximum atomic E-state index is 2.12. The maximum absolute atomic E-state index is 2.12. The van der Waals surface area contributed by atoms with Crippen LogP contribution >= 0.6 is 0 Å². The van der Waals surface area contributed by atoms with Gasteiger partial charge in [0, 0.05) is 22.4 Å². The normalized spacial score (nSPS) is 4.50. The molecule has 0 aliphatic carbocycles. The van der Waals surface area contributed by atoms with Crippen LogP contribution in [0.1, 0.15) is 20.3 Å². The van der Waals surface area contributed by atoms with Gasteiger partial charge in [-0.15, -0.1) is 0 Å². The molecule has 0 nitrogen and oxygen atoms in total. The summed E-state index contributed by atoms with van der Waals surface area (Å²) in [5.74, 6) is 0. The summed E-state index contributed by atoms with van der Waals surface area (Å²) < 4.78 is 0. The Morgan fingerprint density at radius 1 is 1.25 bits per heavy atom. The van der Waals surface area contributed by atoms with E-state index in [0.717, 1.165) is 0 Å². The monoisotopic (exact) mass is 151 g/mol. The predicted octanol–water partition coefficient (Wildman–Crippen LogP) is 1.41. The van der Waals surface area contributed by atoms with Crippen LogP contribution in [0.25, 0.3) is 0 Å². The van der Waals surface area contributed by atoms with Crippen molar-refractivity contribution in [3.63, 3.8) is 0 Å². The van der Waals surface area contributed by atoms with Crippen LogP contribution in [0.15, 0.2) is 0 Å². The molecule has 0 N–H and O–H groups in total. The fourth-order valence-electron chi connectivity index (χ4n) is 0. The van der Waals surface area contributed by atoms with Gasteiger partial charge in [0.25, 0.3) is 0 Å². The molecule has 0 aromatic rings. The zero-order chi connectivity index (χ0) is 2.71. The quantitative estimate of drug-likeness (QED) is 0.460. The van der Waals surface area contributed by atoms with Crippen LogP contribution in [0.3, 0.4) is 0 Å². The van der Waals surface area contributed by atoms with E-state index < -0.39 is 0 Å². The summed E-state index contributed by atoms with van der Waals surface area (Å²) in [5.41, 5.74) is 0. The molecule has 0 saturated heterocycles. The first-order chi connectivity index (χ1) is 1.41. The molecule has 1 heteroatoms. The van der Waals surface area contributed by atoms with Gasteiger partial charge in [-0.3, -0.25) is 0 Å². The van der Waals surface area contributed by atoms with Gasteiger partial charge in [0.15, 0.2) is 0 Å². The SMILES string of the molecule is CCC.[Ag]. The first-order valence-corrected chi connectivity index (χ1v) is 1.41. The second-order valence-corrected chi connectivity index (χ2v) is 0.707. The van der Waals surface area contributed by atoms with Crippen molar-refractivity contribution >= 4 is 0 Å². The van der Waals surface area contributed by atoms with Gasteiger partial charge in [-0.25, -0.2) is 0 Å². The smallest absolute Gasteiger partial charge is 0 e. The van der Waals surface area contributed by atoms with Crippen LogP contribution in [0.5, 0.6) is 0 Å². The van der Waals surface area contributed by atoms with E-state index in [2.05, 4.69) is 13.8 Å². The molecule has 0 aliphatic rings. The first kappa shape index (κ1) is 8.83. The molecule has 1 radical (unpaired) electrons. The summed E-state index contributed by atoms with van der Waals surface area (Å²) in [4.78, 5) is 0. The molecular weight excluding hydrogens is 144 g/mol. The van der Waals surface area contributed by atoms with Gasteiger partial charge in [0.1, 0.15) is 0 Å². The first-order valence-electron chi connectivity index (χ1n) is 1.41. The molecule has 0 bridgehead atoms. The van der Waals surface area contributed by atoms with Crippen molar-refractivity contribution in [3.05, 3.63) is 0 Å². The topological polar surface area (TPSA) is 0 Å². The van der Waals surface area contributed by atoms with Crippen molar-refractivity contribution in [1.82, 2.24) is 0 Å². The van der Waals surface area contributed by atoms with Gasteiger partial charge in [-0.2, -0.15) is 0 Å². The molecule has 0 heterocycles. The van der Waals surface area contributed by atoms with E-state index >= 15 is 0 Å². The Kier molecular flexibility index (Phi) is 20.5. The molecule has 0 spiro atoms. The largest absolute Gasteiger partial charge is 0.0656 e. The summed E-state index contributed by atoms with van der Waals surface area (Å²) in [7, 11) is 0. The Morgan fingerprint density at radius 2 is 1.25 bits per heavy atom. The van der Waals surface area contributed by atoms with Gasteiger partial charge in [-0.05, 0) is 0 Å². The predicted molar refractivity (Wildman–Crippen MR) is 16.0 cm³/mol. The van der Waals surface area contributed by atoms with E-state index in [1.165, 1.54) is 6.42 Å². The minimum atomic E-state index is 0. The van der Waals surface area contributed by atoms with Crippen molar-refractivity contribution in [2.24, 2.45) is 0 Å². The summed E-state index contributed by atoms with van der Waals surface area (Å²) >= 11 is 0. The summed E-state index contributed by atoms with van der Waals surface area (Å²) in [6, 6.07) is 0. The van der Waals surface area contributed by atoms with Crippen LogP contribution in [0.2, 0.25) is 0 Å². The van der Waals surface area contributed by atoms with Crippen molar-refractivity contribution in [2.45, 2.75) is 20.3 Å². The second kappa shape index (κ2) is 9.27. The molecule has 0 saturated carbocycles. The van der Waals surface area contributed by atoms with Crippen molar-refractivity contribution in [2.75, 3.05) is 0 Å². The minimum Gasteiger partial charge on any atom is -0.0656 e. The molecule has 0 aliphatic heterocycles. The maximum Gasteiger partial charge on any atom is 0 e. The third-order valence-electron chi connectivity index (χ3n) is 0. The van der Waals surface area contributed by atoms with E-state index in [1.807, 2.05) is 0 Å². The Hall–Kier alpha value is 0.740. The third kappa shape index (κ3) is 15.1. The Labute approximate surface area is 43.1 Å². The van der Waals surface area contributed by atoms with Gasteiger partial charge in [-0.1, -0.05) is 20.3 Å². The van der Waals surface area contributed by atoms with E-state index in [1.54, 1.807) is 0 Å². The van der Waals surface area contributed by atoms with E-state index in [4.69, 9.17) is 0 Å². The third-order valence-corrected chi connectivity index (χ3v) is 0. The van der Waals surface area contributed by atoms with Gasteiger partial charge in [0.05, 0.1) is 0 Å². The van der Waals surface area contributed by atoms with Crippen LogP contribution in [0, 0.1) is 0 Å². The van der Waals surface area contributed by atoms with Crippen LogP contribution in [-0.4, -0.2) is 0 Å². The van der Waals surface area contributed by atoms with Crippen LogP contribution in [0.4, 0.5) is 0 Å². The Balaban J connectivity index is 0. The minimum absolute atomic E-state index is 0. The molecule has 0 amide bonds. The Morgan fingerprint density at radius 3 is 1.25 bits per heavy atom. The molecule has 0 fully saturated rings. The zero-order valence-corrected chi connectivity index (χ0v) is 4.49. The van der Waals surface area contributed by atoms with Gasteiger partial charge in [0.2, 0.25) is 0 Å². The molecule has 0 atom stereocenters. The Bertz CT molecular complexity index is 3.25. The molecule has 0 rings (SSSR count). The molecule has 0 aromatic carbocycles. The van der Waals surface area contributed by atoms with Crippen LogP contribution in [-0.2, 0) is 22.4 Å². The average molecular weight is 152 g/mol.